The number of nitrogens with one attached hydrogen (secondary N) is 1. The third-order valence-electron chi connectivity index (χ3n) is 7.10. The van der Waals surface area contributed by atoms with Crippen molar-refractivity contribution in [2.24, 2.45) is 0 Å². The van der Waals surface area contributed by atoms with Gasteiger partial charge >= 0.3 is 12.1 Å². The fraction of sp³-hybridized carbons (Fsp3) is 0.905. The lowest BCUT2D eigenvalue weighted by Gasteiger charge is -2.44. The minimum Gasteiger partial charge on any atom is -0.447 e. The zero-order valence-corrected chi connectivity index (χ0v) is 17.4. The number of hydrogen-bond donors (Lipinski definition) is 1. The Bertz CT molecular complexity index is 568. The monoisotopic (exact) mass is 392 g/mol. The first-order valence-electron chi connectivity index (χ1n) is 11.3. The highest BCUT2D eigenvalue weighted by molar-refractivity contribution is 5.78. The van der Waals surface area contributed by atoms with Crippen LogP contribution in [0.3, 0.4) is 0 Å². The van der Waals surface area contributed by atoms with Crippen LogP contribution in [0.4, 0.5) is 9.59 Å². The predicted molar refractivity (Wildman–Crippen MR) is 107 cm³/mol. The third-order valence-corrected chi connectivity index (χ3v) is 7.10. The average molecular weight is 393 g/mol. The molecular formula is C21H36N4O3. The highest BCUT2D eigenvalue weighted by Crippen LogP contribution is 2.33. The number of rotatable bonds is 3. The molecule has 0 aromatic rings. The Morgan fingerprint density at radius 2 is 1.61 bits per heavy atom. The van der Waals surface area contributed by atoms with Crippen molar-refractivity contribution >= 4 is 12.1 Å². The normalized spacial score (nSPS) is 30.5. The molecule has 7 heteroatoms. The summed E-state index contributed by atoms with van der Waals surface area (Å²) in [6.07, 6.45) is 8.77. The van der Waals surface area contributed by atoms with Gasteiger partial charge in [0.15, 0.2) is 0 Å². The van der Waals surface area contributed by atoms with E-state index in [4.69, 9.17) is 4.74 Å². The summed E-state index contributed by atoms with van der Waals surface area (Å²) in [4.78, 5) is 31.3. The number of carbonyl (C=O) groups is 2. The first-order chi connectivity index (χ1) is 13.5. The molecule has 3 amide bonds. The highest BCUT2D eigenvalue weighted by atomic mass is 16.6. The lowest BCUT2D eigenvalue weighted by atomic mass is 9.89. The van der Waals surface area contributed by atoms with Crippen molar-refractivity contribution in [2.45, 2.75) is 95.5 Å². The van der Waals surface area contributed by atoms with Crippen molar-refractivity contribution in [1.29, 1.82) is 0 Å². The SMILES string of the molecule is CC(C)OC(=O)N1CCC(N2CCC(N3C(=O)NC4CCCCC43)CC2)CC1. The van der Waals surface area contributed by atoms with Crippen LogP contribution in [-0.4, -0.2) is 83.3 Å². The van der Waals surface area contributed by atoms with E-state index >= 15 is 0 Å². The van der Waals surface area contributed by atoms with Crippen LogP contribution in [0, 0.1) is 0 Å². The van der Waals surface area contributed by atoms with Crippen molar-refractivity contribution < 1.29 is 14.3 Å². The Balaban J connectivity index is 1.25. The molecule has 7 nitrogen and oxygen atoms in total. The van der Waals surface area contributed by atoms with Crippen LogP contribution < -0.4 is 5.32 Å². The summed E-state index contributed by atoms with van der Waals surface area (Å²) >= 11 is 0. The molecule has 1 aliphatic carbocycles. The maximum Gasteiger partial charge on any atom is 0.410 e. The van der Waals surface area contributed by atoms with Crippen molar-refractivity contribution in [3.8, 4) is 0 Å². The zero-order valence-electron chi connectivity index (χ0n) is 17.4. The van der Waals surface area contributed by atoms with E-state index in [0.717, 1.165) is 64.7 Å². The molecule has 4 fully saturated rings. The van der Waals surface area contributed by atoms with E-state index in [2.05, 4.69) is 15.1 Å². The first-order valence-corrected chi connectivity index (χ1v) is 11.3. The number of likely N-dealkylation sites (tertiary alicyclic amines) is 2. The molecule has 3 heterocycles. The molecule has 0 spiro atoms. The van der Waals surface area contributed by atoms with Gasteiger partial charge in [-0.3, -0.25) is 0 Å². The van der Waals surface area contributed by atoms with E-state index in [1.807, 2.05) is 18.7 Å². The maximum atomic E-state index is 12.6. The fourth-order valence-corrected chi connectivity index (χ4v) is 5.65. The molecule has 3 saturated heterocycles. The third kappa shape index (κ3) is 4.09. The Hall–Kier alpha value is -1.50. The predicted octanol–water partition coefficient (Wildman–Crippen LogP) is 2.80. The number of ether oxygens (including phenoxy) is 1. The van der Waals surface area contributed by atoms with Crippen LogP contribution in [0.1, 0.15) is 65.2 Å². The van der Waals surface area contributed by atoms with E-state index in [1.54, 1.807) is 0 Å². The summed E-state index contributed by atoms with van der Waals surface area (Å²) in [5.74, 6) is 0. The van der Waals surface area contributed by atoms with Crippen molar-refractivity contribution in [1.82, 2.24) is 20.0 Å². The van der Waals surface area contributed by atoms with Crippen LogP contribution in [0.15, 0.2) is 0 Å². The highest BCUT2D eigenvalue weighted by Gasteiger charge is 2.44. The second-order valence-corrected chi connectivity index (χ2v) is 9.23. The van der Waals surface area contributed by atoms with Crippen LogP contribution in [0.25, 0.3) is 0 Å². The minimum absolute atomic E-state index is 0.0594. The first kappa shape index (κ1) is 19.8. The summed E-state index contributed by atoms with van der Waals surface area (Å²) in [6.45, 7) is 7.48. The zero-order chi connectivity index (χ0) is 19.7. The van der Waals surface area contributed by atoms with Gasteiger partial charge in [-0.15, -0.1) is 0 Å². The van der Waals surface area contributed by atoms with E-state index in [9.17, 15) is 9.59 Å². The van der Waals surface area contributed by atoms with Crippen molar-refractivity contribution in [3.63, 3.8) is 0 Å². The topological polar surface area (TPSA) is 65.1 Å². The number of nitrogens with zero attached hydrogens (tertiary/aromatic N) is 3. The molecule has 158 valence electrons. The van der Waals surface area contributed by atoms with Gasteiger partial charge in [-0.1, -0.05) is 12.8 Å². The van der Waals surface area contributed by atoms with Gasteiger partial charge < -0.3 is 24.8 Å². The maximum absolute atomic E-state index is 12.6. The molecule has 0 bridgehead atoms. The molecule has 0 radical (unpaired) electrons. The van der Waals surface area contributed by atoms with Crippen molar-refractivity contribution in [2.75, 3.05) is 26.2 Å². The van der Waals surface area contributed by atoms with Crippen LogP contribution >= 0.6 is 0 Å². The number of amides is 3. The van der Waals surface area contributed by atoms with Crippen LogP contribution in [0.2, 0.25) is 0 Å². The molecule has 4 aliphatic rings. The lowest BCUT2D eigenvalue weighted by molar-refractivity contribution is 0.0400. The standard InChI is InChI=1S/C21H36N4O3/c1-15(2)28-21(27)24-13-7-16(8-14-24)23-11-9-17(10-12-23)25-19-6-4-3-5-18(19)22-20(25)26/h15-19H,3-14H2,1-2H3,(H,22,26). The number of fused-ring (bicyclic) bond motifs is 1. The van der Waals surface area contributed by atoms with Gasteiger partial charge in [0.1, 0.15) is 0 Å². The minimum atomic E-state index is -0.172. The fourth-order valence-electron chi connectivity index (χ4n) is 5.65. The summed E-state index contributed by atoms with van der Waals surface area (Å²) in [5, 5.41) is 3.23. The molecule has 2 atom stereocenters. The van der Waals surface area contributed by atoms with Crippen molar-refractivity contribution in [3.05, 3.63) is 0 Å². The molecule has 1 N–H and O–H groups in total. The average Bonchev–Trinajstić information content (AvgIpc) is 3.03. The van der Waals surface area contributed by atoms with Gasteiger partial charge in [-0.25, -0.2) is 9.59 Å². The Labute approximate surface area is 168 Å². The largest absolute Gasteiger partial charge is 0.447 e. The molecule has 0 aromatic carbocycles. The second kappa shape index (κ2) is 8.47. The van der Waals surface area contributed by atoms with Gasteiger partial charge in [0.2, 0.25) is 0 Å². The van der Waals surface area contributed by atoms with E-state index in [1.165, 1.54) is 12.8 Å². The molecule has 28 heavy (non-hydrogen) atoms. The quantitative estimate of drug-likeness (QED) is 0.802. The molecule has 1 saturated carbocycles. The molecule has 4 rings (SSSR count). The summed E-state index contributed by atoms with van der Waals surface area (Å²) in [5.41, 5.74) is 0. The van der Waals surface area contributed by atoms with Crippen LogP contribution in [-0.2, 0) is 4.74 Å². The molecular weight excluding hydrogens is 356 g/mol. The van der Waals surface area contributed by atoms with E-state index < -0.39 is 0 Å². The summed E-state index contributed by atoms with van der Waals surface area (Å²) < 4.78 is 5.32. The van der Waals surface area contributed by atoms with Gasteiger partial charge in [0, 0.05) is 38.3 Å². The Morgan fingerprint density at radius 3 is 2.29 bits per heavy atom. The van der Waals surface area contributed by atoms with Gasteiger partial charge in [-0.2, -0.15) is 0 Å². The molecule has 0 aromatic heterocycles. The molecule has 3 aliphatic heterocycles. The van der Waals surface area contributed by atoms with E-state index in [0.29, 0.717) is 24.2 Å². The summed E-state index contributed by atoms with van der Waals surface area (Å²) in [7, 11) is 0. The smallest absolute Gasteiger partial charge is 0.410 e. The van der Waals surface area contributed by atoms with Gasteiger partial charge in [0.25, 0.3) is 0 Å². The molecule has 2 unspecified atom stereocenters. The Morgan fingerprint density at radius 1 is 0.964 bits per heavy atom. The number of carbonyl (C=O) groups excluding carboxylic acids is 2. The number of hydrogen-bond acceptors (Lipinski definition) is 4. The second-order valence-electron chi connectivity index (χ2n) is 9.23. The number of urea groups is 1. The van der Waals surface area contributed by atoms with E-state index in [-0.39, 0.29) is 18.2 Å². The lowest BCUT2D eigenvalue weighted by Crippen LogP contribution is -2.53. The van der Waals surface area contributed by atoms with Gasteiger partial charge in [0.05, 0.1) is 18.2 Å². The number of piperidine rings is 2. The Kier molecular flexibility index (Phi) is 5.99. The summed E-state index contributed by atoms with van der Waals surface area (Å²) in [6, 6.07) is 1.93. The van der Waals surface area contributed by atoms with Gasteiger partial charge in [-0.05, 0) is 52.4 Å². The van der Waals surface area contributed by atoms with Crippen LogP contribution in [0.5, 0.6) is 0 Å².